The minimum atomic E-state index is -0.847. The van der Waals surface area contributed by atoms with Crippen molar-refractivity contribution >= 4 is 34.4 Å². The maximum Gasteiger partial charge on any atom is 0.287 e. The third-order valence-electron chi connectivity index (χ3n) is 9.55. The number of carbonyl (C=O) groups is 2. The summed E-state index contributed by atoms with van der Waals surface area (Å²) >= 11 is 6.11. The van der Waals surface area contributed by atoms with Crippen LogP contribution in [0, 0.1) is 18.3 Å². The molecule has 1 aliphatic carbocycles. The summed E-state index contributed by atoms with van der Waals surface area (Å²) in [5.41, 5.74) is 1.86. The minimum Gasteiger partial charge on any atom is -0.451 e. The van der Waals surface area contributed by atoms with Gasteiger partial charge in [-0.1, -0.05) is 54.6 Å². The second-order valence-corrected chi connectivity index (χ2v) is 12.9. The van der Waals surface area contributed by atoms with Gasteiger partial charge in [0, 0.05) is 37.1 Å². The largest absolute Gasteiger partial charge is 0.451 e. The number of rotatable bonds is 8. The monoisotopic (exact) mass is 615 g/mol. The van der Waals surface area contributed by atoms with Crippen LogP contribution in [-0.2, 0) is 17.8 Å². The first-order chi connectivity index (χ1) is 21.3. The summed E-state index contributed by atoms with van der Waals surface area (Å²) in [7, 11) is 0. The number of fused-ring (bicyclic) bond motifs is 1. The van der Waals surface area contributed by atoms with Gasteiger partial charge in [-0.3, -0.25) is 19.1 Å². The molecule has 0 unspecified atom stereocenters. The van der Waals surface area contributed by atoms with Gasteiger partial charge in [-0.05, 0) is 73.8 Å². The topological polar surface area (TPSA) is 110 Å². The van der Waals surface area contributed by atoms with Gasteiger partial charge in [0.2, 0.25) is 5.91 Å². The third kappa shape index (κ3) is 6.58. The van der Waals surface area contributed by atoms with Gasteiger partial charge in [-0.15, -0.1) is 0 Å². The lowest BCUT2D eigenvalue weighted by Crippen LogP contribution is -2.54. The van der Waals surface area contributed by atoms with Crippen LogP contribution in [0.1, 0.15) is 66.6 Å². The summed E-state index contributed by atoms with van der Waals surface area (Å²) in [4.78, 5) is 46.5. The average Bonchev–Trinajstić information content (AvgIpc) is 3.55. The van der Waals surface area contributed by atoms with E-state index in [2.05, 4.69) is 15.4 Å². The molecule has 1 aliphatic heterocycles. The Morgan fingerprint density at radius 3 is 2.52 bits per heavy atom. The maximum absolute atomic E-state index is 14.1. The number of benzene rings is 2. The van der Waals surface area contributed by atoms with Crippen molar-refractivity contribution < 1.29 is 14.0 Å². The van der Waals surface area contributed by atoms with Gasteiger partial charge in [-0.25, -0.2) is 4.98 Å². The molecule has 2 aliphatic rings. The Labute approximate surface area is 261 Å². The van der Waals surface area contributed by atoms with E-state index in [0.717, 1.165) is 30.5 Å². The van der Waals surface area contributed by atoms with Crippen LogP contribution in [0.4, 0.5) is 0 Å². The van der Waals surface area contributed by atoms with Gasteiger partial charge < -0.3 is 14.6 Å². The molecule has 1 saturated heterocycles. The number of likely N-dealkylation sites (tertiary alicyclic amines) is 1. The number of halogens is 1. The Bertz CT molecular complexity index is 1670. The molecule has 6 rings (SSSR count). The fraction of sp³-hybridized carbons (Fsp3) is 0.441. The van der Waals surface area contributed by atoms with Crippen LogP contribution in [0.3, 0.4) is 0 Å². The van der Waals surface area contributed by atoms with E-state index in [1.54, 1.807) is 36.9 Å². The van der Waals surface area contributed by atoms with Gasteiger partial charge in [0.15, 0.2) is 11.2 Å². The lowest BCUT2D eigenvalue weighted by molar-refractivity contribution is -0.136. The lowest BCUT2D eigenvalue weighted by atomic mass is 9.63. The van der Waals surface area contributed by atoms with Crippen molar-refractivity contribution in [1.29, 1.82) is 0 Å². The molecule has 44 heavy (non-hydrogen) atoms. The number of amides is 2. The fourth-order valence-corrected chi connectivity index (χ4v) is 7.23. The first-order valence-electron chi connectivity index (χ1n) is 15.5. The normalized spacial score (nSPS) is 17.8. The second kappa shape index (κ2) is 12.9. The SMILES string of the molecule is Cc1ccc2oc(C(=O)N[C@H](Cc3ccc(Cl)cc3)C(=O)N3CCC(Cn4cncn4)(C4CCCCC4)CC3)cc(=O)c2c1. The Morgan fingerprint density at radius 2 is 1.82 bits per heavy atom. The van der Waals surface area contributed by atoms with Crippen LogP contribution in [0.5, 0.6) is 0 Å². The third-order valence-corrected chi connectivity index (χ3v) is 9.80. The molecule has 1 N–H and O–H groups in total. The van der Waals surface area contributed by atoms with Gasteiger partial charge in [-0.2, -0.15) is 5.10 Å². The molecule has 0 radical (unpaired) electrons. The van der Waals surface area contributed by atoms with Crippen molar-refractivity contribution in [2.75, 3.05) is 13.1 Å². The van der Waals surface area contributed by atoms with E-state index < -0.39 is 11.9 Å². The zero-order valence-electron chi connectivity index (χ0n) is 25.0. The van der Waals surface area contributed by atoms with Crippen molar-refractivity contribution in [2.24, 2.45) is 11.3 Å². The van der Waals surface area contributed by atoms with Crippen LogP contribution < -0.4 is 10.7 Å². The van der Waals surface area contributed by atoms with Crippen molar-refractivity contribution in [3.05, 3.63) is 93.3 Å². The molecular formula is C34H38ClN5O4. The summed E-state index contributed by atoms with van der Waals surface area (Å²) in [5.74, 6) is -0.286. The molecule has 3 heterocycles. The molecule has 10 heteroatoms. The highest BCUT2D eigenvalue weighted by molar-refractivity contribution is 6.30. The van der Waals surface area contributed by atoms with Crippen molar-refractivity contribution in [3.63, 3.8) is 0 Å². The van der Waals surface area contributed by atoms with E-state index in [1.807, 2.05) is 34.7 Å². The number of nitrogens with zero attached hydrogens (tertiary/aromatic N) is 4. The zero-order valence-corrected chi connectivity index (χ0v) is 25.8. The Kier molecular flexibility index (Phi) is 8.84. The van der Waals surface area contributed by atoms with Crippen molar-refractivity contribution in [2.45, 2.75) is 70.9 Å². The molecule has 2 aromatic heterocycles. The van der Waals surface area contributed by atoms with E-state index in [0.29, 0.717) is 35.0 Å². The van der Waals surface area contributed by atoms with Crippen molar-refractivity contribution in [3.8, 4) is 0 Å². The summed E-state index contributed by atoms with van der Waals surface area (Å²) in [5, 5.41) is 8.32. The summed E-state index contributed by atoms with van der Waals surface area (Å²) in [6, 6.07) is 12.9. The first kappa shape index (κ1) is 30.1. The van der Waals surface area contributed by atoms with E-state index >= 15 is 0 Å². The Morgan fingerprint density at radius 1 is 1.07 bits per heavy atom. The molecule has 4 aromatic rings. The molecule has 2 fully saturated rings. The van der Waals surface area contributed by atoms with Crippen LogP contribution in [0.2, 0.25) is 5.02 Å². The average molecular weight is 616 g/mol. The first-order valence-corrected chi connectivity index (χ1v) is 15.9. The number of aryl methyl sites for hydroxylation is 1. The number of aromatic nitrogens is 3. The highest BCUT2D eigenvalue weighted by Gasteiger charge is 2.44. The molecular weight excluding hydrogens is 578 g/mol. The highest BCUT2D eigenvalue weighted by Crippen LogP contribution is 2.47. The van der Waals surface area contributed by atoms with E-state index in [4.69, 9.17) is 16.0 Å². The minimum absolute atomic E-state index is 0.0483. The molecule has 2 aromatic carbocycles. The summed E-state index contributed by atoms with van der Waals surface area (Å²) < 4.78 is 7.77. The van der Waals surface area contributed by atoms with Crippen LogP contribution in [-0.4, -0.2) is 50.6 Å². The Balaban J connectivity index is 1.22. The van der Waals surface area contributed by atoms with Gasteiger partial charge in [0.1, 0.15) is 24.3 Å². The molecule has 230 valence electrons. The van der Waals surface area contributed by atoms with Gasteiger partial charge in [0.25, 0.3) is 5.91 Å². The maximum atomic E-state index is 14.1. The molecule has 2 amide bonds. The van der Waals surface area contributed by atoms with Crippen LogP contribution in [0.25, 0.3) is 11.0 Å². The van der Waals surface area contributed by atoms with E-state index in [9.17, 15) is 14.4 Å². The number of piperidine rings is 1. The smallest absolute Gasteiger partial charge is 0.287 e. The second-order valence-electron chi connectivity index (χ2n) is 12.4. The molecule has 0 bridgehead atoms. The van der Waals surface area contributed by atoms with Gasteiger partial charge in [0.05, 0.1) is 5.39 Å². The zero-order chi connectivity index (χ0) is 30.7. The van der Waals surface area contributed by atoms with E-state index in [-0.39, 0.29) is 28.9 Å². The van der Waals surface area contributed by atoms with Crippen LogP contribution in [0.15, 0.2) is 70.4 Å². The predicted molar refractivity (Wildman–Crippen MR) is 168 cm³/mol. The van der Waals surface area contributed by atoms with Crippen molar-refractivity contribution in [1.82, 2.24) is 25.0 Å². The predicted octanol–water partition coefficient (Wildman–Crippen LogP) is 5.58. The lowest BCUT2D eigenvalue weighted by Gasteiger charge is -2.48. The quantitative estimate of drug-likeness (QED) is 0.277. The number of nitrogens with one attached hydrogen (secondary N) is 1. The van der Waals surface area contributed by atoms with Crippen LogP contribution >= 0.6 is 11.6 Å². The van der Waals surface area contributed by atoms with Gasteiger partial charge >= 0.3 is 0 Å². The Hall–Kier alpha value is -3.98. The molecule has 0 spiro atoms. The molecule has 9 nitrogen and oxygen atoms in total. The highest BCUT2D eigenvalue weighted by atomic mass is 35.5. The number of carbonyl (C=O) groups excluding carboxylic acids is 2. The number of hydrogen-bond donors (Lipinski definition) is 1. The molecule has 1 atom stereocenters. The molecule has 1 saturated carbocycles. The standard InChI is InChI=1S/C34H38ClN5O4/c1-23-7-12-30-27(17-23)29(41)19-31(44-30)32(42)38-28(18-24-8-10-26(35)11-9-24)33(43)39-15-13-34(14-16-39,20-40-22-36-21-37-40)25-5-3-2-4-6-25/h7-12,17,19,21-22,25,28H,2-6,13-16,18,20H2,1H3,(H,38,42)/t28-/m1/s1. The number of hydrogen-bond acceptors (Lipinski definition) is 6. The fourth-order valence-electron chi connectivity index (χ4n) is 7.11. The summed E-state index contributed by atoms with van der Waals surface area (Å²) in [6.45, 7) is 3.88. The van der Waals surface area contributed by atoms with E-state index in [1.165, 1.54) is 38.2 Å². The summed E-state index contributed by atoms with van der Waals surface area (Å²) in [6.07, 6.45) is 11.5.